The number of ether oxygens (including phenoxy) is 1. The number of rotatable bonds is 5. The Balaban J connectivity index is 1.52. The minimum absolute atomic E-state index is 0.0160. The van der Waals surface area contributed by atoms with Crippen LogP contribution in [0.3, 0.4) is 0 Å². The van der Waals surface area contributed by atoms with Gasteiger partial charge in [0.25, 0.3) is 12.3 Å². The Hall–Kier alpha value is -3.56. The molecule has 2 N–H and O–H groups in total. The van der Waals surface area contributed by atoms with Crippen molar-refractivity contribution in [1.82, 2.24) is 20.4 Å². The molecule has 1 aliphatic rings. The second-order valence-electron chi connectivity index (χ2n) is 10.4. The van der Waals surface area contributed by atoms with E-state index in [1.54, 1.807) is 24.1 Å². The summed E-state index contributed by atoms with van der Waals surface area (Å²) in [6.45, 7) is 8.09. The molecule has 1 aliphatic heterocycles. The number of carbonyl (C=O) groups is 2. The van der Waals surface area contributed by atoms with E-state index in [9.17, 15) is 22.8 Å². The maximum Gasteiger partial charge on any atom is 0.410 e. The molecule has 1 saturated heterocycles. The zero-order chi connectivity index (χ0) is 26.9. The Bertz CT molecular complexity index is 1290. The van der Waals surface area contributed by atoms with Gasteiger partial charge >= 0.3 is 6.09 Å². The maximum atomic E-state index is 14.6. The summed E-state index contributed by atoms with van der Waals surface area (Å²) in [5.41, 5.74) is 0.509. The first kappa shape index (κ1) is 26.5. The molecular weight excluding hydrogens is 485 g/mol. The number of halogens is 3. The van der Waals surface area contributed by atoms with E-state index in [2.05, 4.69) is 15.5 Å². The summed E-state index contributed by atoms with van der Waals surface area (Å²) in [6.07, 6.45) is -0.266. The molecule has 7 nitrogen and oxygen atoms in total. The number of hydrogen-bond acceptors (Lipinski definition) is 4. The normalized spacial score (nSPS) is 15.7. The molecule has 37 heavy (non-hydrogen) atoms. The predicted molar refractivity (Wildman–Crippen MR) is 133 cm³/mol. The molecule has 2 heterocycles. The van der Waals surface area contributed by atoms with E-state index in [-0.39, 0.29) is 17.6 Å². The fourth-order valence-corrected chi connectivity index (χ4v) is 4.64. The molecule has 10 heteroatoms. The summed E-state index contributed by atoms with van der Waals surface area (Å²) in [4.78, 5) is 27.4. The first-order chi connectivity index (χ1) is 17.4. The number of nitrogens with zero attached hydrogens (tertiary/aromatic N) is 2. The molecule has 3 aromatic rings. The number of carbonyl (C=O) groups excluding carboxylic acids is 2. The highest BCUT2D eigenvalue weighted by Crippen LogP contribution is 2.33. The van der Waals surface area contributed by atoms with Gasteiger partial charge in [0.1, 0.15) is 11.4 Å². The molecule has 0 aliphatic carbocycles. The molecule has 0 spiro atoms. The van der Waals surface area contributed by atoms with Crippen molar-refractivity contribution in [1.29, 1.82) is 0 Å². The fraction of sp³-hybridized carbons (Fsp3) is 0.444. The highest BCUT2D eigenvalue weighted by Gasteiger charge is 2.29. The first-order valence-corrected chi connectivity index (χ1v) is 12.3. The van der Waals surface area contributed by atoms with Crippen LogP contribution >= 0.6 is 0 Å². The summed E-state index contributed by atoms with van der Waals surface area (Å²) in [5.74, 6) is -1.39. The molecule has 198 valence electrons. The molecule has 2 aromatic carbocycles. The molecule has 1 atom stereocenters. The second kappa shape index (κ2) is 10.4. The van der Waals surface area contributed by atoms with Gasteiger partial charge in [0.2, 0.25) is 0 Å². The van der Waals surface area contributed by atoms with Crippen LogP contribution in [-0.4, -0.2) is 45.8 Å². The number of nitrogens with one attached hydrogen (secondary N) is 2. The number of hydrogen-bond donors (Lipinski definition) is 2. The summed E-state index contributed by atoms with van der Waals surface area (Å²) in [6, 6.07) is 6.67. The predicted octanol–water partition coefficient (Wildman–Crippen LogP) is 6.25. The van der Waals surface area contributed by atoms with E-state index in [4.69, 9.17) is 4.74 Å². The number of benzene rings is 2. The van der Waals surface area contributed by atoms with Gasteiger partial charge in [-0.2, -0.15) is 5.10 Å². The van der Waals surface area contributed by atoms with Crippen LogP contribution in [0.25, 0.3) is 10.9 Å². The van der Waals surface area contributed by atoms with Crippen molar-refractivity contribution in [2.24, 2.45) is 0 Å². The topological polar surface area (TPSA) is 87.3 Å². The smallest absolute Gasteiger partial charge is 0.410 e. The molecule has 0 bridgehead atoms. The van der Waals surface area contributed by atoms with Crippen LogP contribution < -0.4 is 5.32 Å². The van der Waals surface area contributed by atoms with E-state index < -0.39 is 35.4 Å². The lowest BCUT2D eigenvalue weighted by Crippen LogP contribution is -2.41. The number of aromatic nitrogens is 2. The van der Waals surface area contributed by atoms with Crippen molar-refractivity contribution in [3.63, 3.8) is 0 Å². The summed E-state index contributed by atoms with van der Waals surface area (Å²) >= 11 is 0. The third-order valence-electron chi connectivity index (χ3n) is 6.54. The minimum Gasteiger partial charge on any atom is -0.444 e. The Morgan fingerprint density at radius 2 is 1.84 bits per heavy atom. The number of alkyl halides is 2. The molecule has 0 unspecified atom stereocenters. The largest absolute Gasteiger partial charge is 0.444 e. The van der Waals surface area contributed by atoms with Gasteiger partial charge < -0.3 is 15.0 Å². The monoisotopic (exact) mass is 516 g/mol. The van der Waals surface area contributed by atoms with Crippen molar-refractivity contribution in [3.05, 3.63) is 64.6 Å². The van der Waals surface area contributed by atoms with Gasteiger partial charge in [-0.15, -0.1) is 0 Å². The van der Waals surface area contributed by atoms with E-state index in [0.29, 0.717) is 37.0 Å². The van der Waals surface area contributed by atoms with Gasteiger partial charge in [-0.3, -0.25) is 9.89 Å². The number of amides is 2. The Morgan fingerprint density at radius 1 is 1.16 bits per heavy atom. The van der Waals surface area contributed by atoms with Crippen molar-refractivity contribution in [2.45, 2.75) is 64.5 Å². The quantitative estimate of drug-likeness (QED) is 0.420. The second-order valence-corrected chi connectivity index (χ2v) is 10.4. The summed E-state index contributed by atoms with van der Waals surface area (Å²) in [5, 5.41) is 10.4. The molecule has 4 rings (SSSR count). The first-order valence-electron chi connectivity index (χ1n) is 12.3. The zero-order valence-corrected chi connectivity index (χ0v) is 21.3. The Morgan fingerprint density at radius 3 is 2.49 bits per heavy atom. The van der Waals surface area contributed by atoms with Gasteiger partial charge in [-0.05, 0) is 64.2 Å². The van der Waals surface area contributed by atoms with Crippen molar-refractivity contribution < 1.29 is 27.5 Å². The standard InChI is InChI=1S/C27H31F3N4O3/c1-15(19-6-5-7-20(22(19)28)24(29)30)32-25(35)21-13-17(12-18-14-31-33-23(18)21)16-8-10-34(11-9-16)26(36)37-27(2,3)4/h5-7,12-16,24H,8-11H2,1-4H3,(H,31,33)(H,32,35)/t15-/m1/s1. The van der Waals surface area contributed by atoms with Crippen molar-refractivity contribution in [2.75, 3.05) is 13.1 Å². The minimum atomic E-state index is -2.95. The van der Waals surface area contributed by atoms with Crippen LogP contribution in [0.4, 0.5) is 18.0 Å². The van der Waals surface area contributed by atoms with Crippen molar-refractivity contribution in [3.8, 4) is 0 Å². The maximum absolute atomic E-state index is 14.6. The van der Waals surface area contributed by atoms with E-state index >= 15 is 0 Å². The zero-order valence-electron chi connectivity index (χ0n) is 21.3. The lowest BCUT2D eigenvalue weighted by atomic mass is 9.87. The molecule has 0 saturated carbocycles. The number of aromatic amines is 1. The lowest BCUT2D eigenvalue weighted by molar-refractivity contribution is 0.0204. The van der Waals surface area contributed by atoms with Gasteiger partial charge in [0.05, 0.1) is 28.9 Å². The van der Waals surface area contributed by atoms with Gasteiger partial charge in [-0.1, -0.05) is 18.2 Å². The van der Waals surface area contributed by atoms with E-state index in [1.165, 1.54) is 12.1 Å². The Labute approximate surface area is 213 Å². The summed E-state index contributed by atoms with van der Waals surface area (Å²) < 4.78 is 46.4. The highest BCUT2D eigenvalue weighted by molar-refractivity contribution is 6.06. The SMILES string of the molecule is C[C@@H](NC(=O)c1cc(C2CCN(C(=O)OC(C)(C)C)CC2)cc2cn[nH]c12)c1cccc(C(F)F)c1F. The van der Waals surface area contributed by atoms with Crippen LogP contribution in [0.5, 0.6) is 0 Å². The average Bonchev–Trinajstić information content (AvgIpc) is 3.31. The summed E-state index contributed by atoms with van der Waals surface area (Å²) in [7, 11) is 0. The van der Waals surface area contributed by atoms with Crippen LogP contribution in [0.1, 0.15) is 86.0 Å². The van der Waals surface area contributed by atoms with Crippen LogP contribution in [0.2, 0.25) is 0 Å². The van der Waals surface area contributed by atoms with Crippen LogP contribution in [0, 0.1) is 5.82 Å². The average molecular weight is 517 g/mol. The van der Waals surface area contributed by atoms with Crippen LogP contribution in [0.15, 0.2) is 36.5 Å². The lowest BCUT2D eigenvalue weighted by Gasteiger charge is -2.33. The van der Waals surface area contributed by atoms with E-state index in [0.717, 1.165) is 17.0 Å². The van der Waals surface area contributed by atoms with Gasteiger partial charge in [0.15, 0.2) is 0 Å². The number of fused-ring (bicyclic) bond motifs is 1. The molecule has 0 radical (unpaired) electrons. The Kier molecular flexibility index (Phi) is 7.47. The van der Waals surface area contributed by atoms with Crippen LogP contribution in [-0.2, 0) is 4.74 Å². The van der Waals surface area contributed by atoms with E-state index in [1.807, 2.05) is 26.8 Å². The van der Waals surface area contributed by atoms with Gasteiger partial charge in [0, 0.05) is 24.0 Å². The molecule has 1 aromatic heterocycles. The number of likely N-dealkylation sites (tertiary alicyclic amines) is 1. The number of H-pyrrole nitrogens is 1. The van der Waals surface area contributed by atoms with Crippen molar-refractivity contribution >= 4 is 22.9 Å². The third-order valence-corrected chi connectivity index (χ3v) is 6.54. The van der Waals surface area contributed by atoms with Gasteiger partial charge in [-0.25, -0.2) is 18.0 Å². The molecular formula is C27H31F3N4O3. The highest BCUT2D eigenvalue weighted by atomic mass is 19.3. The number of piperidine rings is 1. The molecule has 1 fully saturated rings. The third kappa shape index (κ3) is 5.89. The fourth-order valence-electron chi connectivity index (χ4n) is 4.64. The molecule has 2 amide bonds.